The Morgan fingerprint density at radius 3 is 0.805 bits per heavy atom. The first kappa shape index (κ1) is 37.4. The van der Waals surface area contributed by atoms with Crippen molar-refractivity contribution in [2.24, 2.45) is 35.5 Å². The van der Waals surface area contributed by atoms with E-state index in [2.05, 4.69) is 79.7 Å². The molecule has 3 aliphatic rings. The Balaban J connectivity index is 0.000000256. The second kappa shape index (κ2) is 21.1. The van der Waals surface area contributed by atoms with Crippen LogP contribution in [0.2, 0.25) is 0 Å². The zero-order chi connectivity index (χ0) is 30.8. The molecule has 234 valence electrons. The molecule has 0 nitrogen and oxygen atoms in total. The highest BCUT2D eigenvalue weighted by Gasteiger charge is 2.14. The number of benzene rings is 2. The molecule has 3 fully saturated rings. The lowest BCUT2D eigenvalue weighted by Crippen LogP contribution is -2.08. The zero-order valence-corrected chi connectivity index (χ0v) is 28.9. The van der Waals surface area contributed by atoms with Gasteiger partial charge in [0.05, 0.1) is 0 Å². The van der Waals surface area contributed by atoms with Crippen LogP contribution in [0.1, 0.15) is 141 Å². The molecule has 3 saturated carbocycles. The van der Waals surface area contributed by atoms with Crippen molar-refractivity contribution in [3.05, 3.63) is 70.5 Å². The van der Waals surface area contributed by atoms with Gasteiger partial charge in [0, 0.05) is 0 Å². The molecular weight excluding hydrogens is 499 g/mol. The van der Waals surface area contributed by atoms with Crippen molar-refractivity contribution in [2.45, 2.75) is 146 Å². The SMILES string of the molecule is CC1CCC(C)CC1.CC1CCC(C)CC1.CC1CCC(C)CC1.Cc1ccc(C)c(F)c1.Cc1ccc(C)cc1. The van der Waals surface area contributed by atoms with Gasteiger partial charge >= 0.3 is 0 Å². The molecule has 0 atom stereocenters. The smallest absolute Gasteiger partial charge is 0.126 e. The molecule has 0 unspecified atom stereocenters. The summed E-state index contributed by atoms with van der Waals surface area (Å²) in [6.45, 7) is 22.0. The minimum absolute atomic E-state index is 0.116. The van der Waals surface area contributed by atoms with Crippen LogP contribution in [0.3, 0.4) is 0 Å². The third-order valence-corrected chi connectivity index (χ3v) is 9.46. The van der Waals surface area contributed by atoms with Gasteiger partial charge in [0.25, 0.3) is 0 Å². The molecule has 2 aromatic carbocycles. The summed E-state index contributed by atoms with van der Waals surface area (Å²) in [6.07, 6.45) is 17.7. The second-order valence-corrected chi connectivity index (χ2v) is 14.5. The summed E-state index contributed by atoms with van der Waals surface area (Å²) >= 11 is 0. The van der Waals surface area contributed by atoms with Crippen molar-refractivity contribution in [3.63, 3.8) is 0 Å². The summed E-state index contributed by atoms with van der Waals surface area (Å²) in [4.78, 5) is 0. The Bertz CT molecular complexity index is 790. The second-order valence-electron chi connectivity index (χ2n) is 14.5. The molecule has 0 aliphatic heterocycles. The number of hydrogen-bond acceptors (Lipinski definition) is 0. The lowest BCUT2D eigenvalue weighted by atomic mass is 9.84. The van der Waals surface area contributed by atoms with Crippen LogP contribution in [0.25, 0.3) is 0 Å². The summed E-state index contributed by atoms with van der Waals surface area (Å²) in [5, 5.41) is 0. The Morgan fingerprint density at radius 1 is 0.390 bits per heavy atom. The van der Waals surface area contributed by atoms with Crippen molar-refractivity contribution in [1.29, 1.82) is 0 Å². The zero-order valence-electron chi connectivity index (χ0n) is 28.9. The molecule has 2 aromatic rings. The molecule has 0 heterocycles. The fourth-order valence-corrected chi connectivity index (χ4v) is 5.62. The third-order valence-electron chi connectivity index (χ3n) is 9.46. The monoisotopic (exact) mass is 567 g/mol. The van der Waals surface area contributed by atoms with Crippen molar-refractivity contribution in [1.82, 2.24) is 0 Å². The van der Waals surface area contributed by atoms with E-state index in [1.807, 2.05) is 13.0 Å². The Labute approximate surface area is 256 Å². The molecule has 0 bridgehead atoms. The number of hydrogen-bond donors (Lipinski definition) is 0. The van der Waals surface area contributed by atoms with Gasteiger partial charge in [-0.2, -0.15) is 0 Å². The molecule has 5 rings (SSSR count). The topological polar surface area (TPSA) is 0 Å². The van der Waals surface area contributed by atoms with Crippen LogP contribution >= 0.6 is 0 Å². The molecule has 0 spiro atoms. The summed E-state index contributed by atoms with van der Waals surface area (Å²) in [5.74, 6) is 6.00. The van der Waals surface area contributed by atoms with Gasteiger partial charge in [-0.3, -0.25) is 0 Å². The lowest BCUT2D eigenvalue weighted by molar-refractivity contribution is 0.308. The average molecular weight is 567 g/mol. The maximum absolute atomic E-state index is 12.6. The summed E-state index contributed by atoms with van der Waals surface area (Å²) in [7, 11) is 0. The predicted molar refractivity (Wildman–Crippen MR) is 182 cm³/mol. The Hall–Kier alpha value is -1.63. The molecule has 3 aliphatic carbocycles. The molecule has 41 heavy (non-hydrogen) atoms. The van der Waals surface area contributed by atoms with Gasteiger partial charge in [0.1, 0.15) is 5.82 Å². The average Bonchev–Trinajstić information content (AvgIpc) is 2.94. The van der Waals surface area contributed by atoms with E-state index in [4.69, 9.17) is 0 Å². The van der Waals surface area contributed by atoms with E-state index in [1.54, 1.807) is 13.0 Å². The van der Waals surface area contributed by atoms with E-state index >= 15 is 0 Å². The summed E-state index contributed by atoms with van der Waals surface area (Å²) in [5.41, 5.74) is 4.34. The first-order chi connectivity index (χ1) is 19.3. The standard InChI is InChI=1S/C8H9F.3C8H16.C8H10/c1-6-3-4-7(2)8(9)5-6;4*1-7-3-5-8(2)6-4-7/h3-5H,1-2H3;3*7-8H,3-6H2,1-2H3;3-6H,1-2H3. The molecule has 0 saturated heterocycles. The van der Waals surface area contributed by atoms with E-state index < -0.39 is 0 Å². The van der Waals surface area contributed by atoms with Crippen molar-refractivity contribution in [3.8, 4) is 0 Å². The maximum atomic E-state index is 12.6. The highest BCUT2D eigenvalue weighted by Crippen LogP contribution is 2.28. The van der Waals surface area contributed by atoms with Crippen LogP contribution in [0, 0.1) is 69.0 Å². The number of halogens is 1. The quantitative estimate of drug-likeness (QED) is 0.297. The molecule has 0 N–H and O–H groups in total. The van der Waals surface area contributed by atoms with Crippen LogP contribution in [0.4, 0.5) is 4.39 Å². The Kier molecular flexibility index (Phi) is 19.3. The van der Waals surface area contributed by atoms with Crippen LogP contribution in [0.15, 0.2) is 42.5 Å². The van der Waals surface area contributed by atoms with E-state index in [0.29, 0.717) is 5.56 Å². The van der Waals surface area contributed by atoms with Crippen LogP contribution in [0.5, 0.6) is 0 Å². The number of aryl methyl sites for hydroxylation is 4. The highest BCUT2D eigenvalue weighted by atomic mass is 19.1. The first-order valence-electron chi connectivity index (χ1n) is 17.1. The van der Waals surface area contributed by atoms with E-state index in [0.717, 1.165) is 41.1 Å². The lowest BCUT2D eigenvalue weighted by Gasteiger charge is -2.22. The van der Waals surface area contributed by atoms with E-state index in [1.165, 1.54) is 94.2 Å². The largest absolute Gasteiger partial charge is 0.207 e. The third kappa shape index (κ3) is 19.2. The minimum Gasteiger partial charge on any atom is -0.207 e. The van der Waals surface area contributed by atoms with Crippen LogP contribution in [-0.2, 0) is 0 Å². The van der Waals surface area contributed by atoms with Crippen molar-refractivity contribution in [2.75, 3.05) is 0 Å². The molecule has 1 heteroatoms. The van der Waals surface area contributed by atoms with Gasteiger partial charge < -0.3 is 0 Å². The molecule has 0 aromatic heterocycles. The van der Waals surface area contributed by atoms with Crippen molar-refractivity contribution < 1.29 is 4.39 Å². The summed E-state index contributed by atoms with van der Waals surface area (Å²) in [6, 6.07) is 13.7. The molecule has 0 radical (unpaired) electrons. The molecule has 0 amide bonds. The predicted octanol–water partition coefficient (Wildman–Crippen LogP) is 13.2. The first-order valence-corrected chi connectivity index (χ1v) is 17.1. The van der Waals surface area contributed by atoms with Gasteiger partial charge in [0.15, 0.2) is 0 Å². The Morgan fingerprint density at radius 2 is 0.610 bits per heavy atom. The van der Waals surface area contributed by atoms with Gasteiger partial charge in [-0.15, -0.1) is 0 Å². The van der Waals surface area contributed by atoms with Gasteiger partial charge in [-0.05, 0) is 80.4 Å². The number of rotatable bonds is 0. The highest BCUT2D eigenvalue weighted by molar-refractivity contribution is 5.21. The van der Waals surface area contributed by atoms with Crippen molar-refractivity contribution >= 4 is 0 Å². The van der Waals surface area contributed by atoms with Crippen LogP contribution in [-0.4, -0.2) is 0 Å². The van der Waals surface area contributed by atoms with Gasteiger partial charge in [-0.25, -0.2) is 4.39 Å². The normalized spacial score (nSPS) is 27.2. The van der Waals surface area contributed by atoms with E-state index in [-0.39, 0.29) is 5.82 Å². The summed E-state index contributed by atoms with van der Waals surface area (Å²) < 4.78 is 12.6. The van der Waals surface area contributed by atoms with Crippen LogP contribution < -0.4 is 0 Å². The van der Waals surface area contributed by atoms with Gasteiger partial charge in [0.2, 0.25) is 0 Å². The fourth-order valence-electron chi connectivity index (χ4n) is 5.62. The minimum atomic E-state index is -0.116. The van der Waals surface area contributed by atoms with E-state index in [9.17, 15) is 4.39 Å². The fraction of sp³-hybridized carbons (Fsp3) is 0.700. The maximum Gasteiger partial charge on any atom is 0.126 e. The van der Waals surface area contributed by atoms with Gasteiger partial charge in [-0.1, -0.05) is 166 Å². The molecular formula is C40H67F.